The average Bonchev–Trinajstić information content (AvgIpc) is 2.61. The van der Waals surface area contributed by atoms with E-state index in [4.69, 9.17) is 10.2 Å². The van der Waals surface area contributed by atoms with Gasteiger partial charge in [0, 0.05) is 0 Å². The number of carbonyl (C=O) groups is 4. The second kappa shape index (κ2) is 5.12. The summed E-state index contributed by atoms with van der Waals surface area (Å²) in [6, 6.07) is 4.87. The Balaban J connectivity index is 2.36. The lowest BCUT2D eigenvalue weighted by Gasteiger charge is -2.23. The molecule has 0 atom stereocenters. The summed E-state index contributed by atoms with van der Waals surface area (Å²) in [4.78, 5) is 46.6. The molecule has 2 N–H and O–H groups in total. The number of amides is 2. The van der Waals surface area contributed by atoms with Gasteiger partial charge in [0.2, 0.25) is 0 Å². The third-order valence-corrected chi connectivity index (χ3v) is 3.01. The minimum absolute atomic E-state index is 0.165. The van der Waals surface area contributed by atoms with Gasteiger partial charge in [-0.05, 0) is 12.1 Å². The highest BCUT2D eigenvalue weighted by molar-refractivity contribution is 6.21. The minimum atomic E-state index is -1.27. The Labute approximate surface area is 113 Å². The lowest BCUT2D eigenvalue weighted by atomic mass is 10.1. The molecule has 1 aromatic carbocycles. The van der Waals surface area contributed by atoms with Crippen LogP contribution in [0, 0.1) is 0 Å². The van der Waals surface area contributed by atoms with Gasteiger partial charge in [-0.25, -0.2) is 0 Å². The van der Waals surface area contributed by atoms with Crippen LogP contribution in [0.3, 0.4) is 0 Å². The van der Waals surface area contributed by atoms with Crippen LogP contribution >= 0.6 is 0 Å². The molecular weight excluding hydrogens is 266 g/mol. The summed E-state index contributed by atoms with van der Waals surface area (Å²) in [6.45, 7) is 0. The summed E-state index contributed by atoms with van der Waals surface area (Å²) in [5, 5.41) is 17.6. The zero-order chi connectivity index (χ0) is 14.9. The predicted octanol–water partition coefficient (Wildman–Crippen LogP) is 0.601. The number of rotatable bonds is 5. The Hall–Kier alpha value is -2.70. The van der Waals surface area contributed by atoms with Gasteiger partial charge >= 0.3 is 11.9 Å². The van der Waals surface area contributed by atoms with E-state index in [1.165, 1.54) is 12.1 Å². The summed E-state index contributed by atoms with van der Waals surface area (Å²) in [5.41, 5.74) is 0.330. The fraction of sp³-hybridized carbons (Fsp3) is 0.231. The summed E-state index contributed by atoms with van der Waals surface area (Å²) >= 11 is 0. The van der Waals surface area contributed by atoms with E-state index in [1.807, 2.05) is 0 Å². The fourth-order valence-corrected chi connectivity index (χ4v) is 2.20. The lowest BCUT2D eigenvalue weighted by molar-refractivity contribution is -0.140. The summed E-state index contributed by atoms with van der Waals surface area (Å²) in [5.74, 6) is -3.85. The smallest absolute Gasteiger partial charge is 0.305 e. The highest BCUT2D eigenvalue weighted by Crippen LogP contribution is 2.26. The van der Waals surface area contributed by atoms with E-state index >= 15 is 0 Å². The second-order valence-electron chi connectivity index (χ2n) is 4.38. The SMILES string of the molecule is O=C(O)CC(CC(=O)O)N1C(=O)c2ccccc2C1=O. The molecule has 1 aliphatic heterocycles. The molecule has 0 radical (unpaired) electrons. The largest absolute Gasteiger partial charge is 0.481 e. The average molecular weight is 277 g/mol. The molecule has 0 bridgehead atoms. The molecule has 0 saturated carbocycles. The van der Waals surface area contributed by atoms with Gasteiger partial charge in [0.15, 0.2) is 0 Å². The second-order valence-corrected chi connectivity index (χ2v) is 4.38. The summed E-state index contributed by atoms with van der Waals surface area (Å²) in [7, 11) is 0. The van der Waals surface area contributed by atoms with Crippen molar-refractivity contribution < 1.29 is 29.4 Å². The van der Waals surface area contributed by atoms with E-state index < -0.39 is 42.6 Å². The molecule has 1 aliphatic rings. The maximum atomic E-state index is 12.1. The highest BCUT2D eigenvalue weighted by atomic mass is 16.4. The summed E-state index contributed by atoms with van der Waals surface area (Å²) in [6.07, 6.45) is -1.20. The predicted molar refractivity (Wildman–Crippen MR) is 65.2 cm³/mol. The van der Waals surface area contributed by atoms with E-state index in [2.05, 4.69) is 0 Å². The molecule has 0 unspecified atom stereocenters. The number of benzene rings is 1. The third-order valence-electron chi connectivity index (χ3n) is 3.01. The number of imide groups is 1. The molecule has 1 heterocycles. The van der Waals surface area contributed by atoms with Crippen LogP contribution in [0.4, 0.5) is 0 Å². The van der Waals surface area contributed by atoms with Crippen LogP contribution in [-0.2, 0) is 9.59 Å². The standard InChI is InChI=1S/C13H11NO6/c15-10(16)5-7(6-11(17)18)14-12(19)8-3-1-2-4-9(8)13(14)20/h1-4,7H,5-6H2,(H,15,16)(H,17,18). The van der Waals surface area contributed by atoms with E-state index in [-0.39, 0.29) is 11.1 Å². The van der Waals surface area contributed by atoms with Crippen molar-refractivity contribution in [2.24, 2.45) is 0 Å². The molecule has 7 nitrogen and oxygen atoms in total. The van der Waals surface area contributed by atoms with Crippen molar-refractivity contribution in [1.29, 1.82) is 0 Å². The monoisotopic (exact) mass is 277 g/mol. The van der Waals surface area contributed by atoms with Gasteiger partial charge in [-0.1, -0.05) is 12.1 Å². The van der Waals surface area contributed by atoms with Crippen molar-refractivity contribution in [2.75, 3.05) is 0 Å². The number of nitrogens with zero attached hydrogens (tertiary/aromatic N) is 1. The van der Waals surface area contributed by atoms with Crippen LogP contribution < -0.4 is 0 Å². The van der Waals surface area contributed by atoms with Crippen molar-refractivity contribution >= 4 is 23.8 Å². The van der Waals surface area contributed by atoms with Crippen molar-refractivity contribution in [3.63, 3.8) is 0 Å². The van der Waals surface area contributed by atoms with Gasteiger partial charge in [0.05, 0.1) is 30.0 Å². The Morgan fingerprint density at radius 1 is 0.950 bits per heavy atom. The Morgan fingerprint density at radius 3 is 1.70 bits per heavy atom. The van der Waals surface area contributed by atoms with E-state index in [0.717, 1.165) is 4.90 Å². The maximum absolute atomic E-state index is 12.1. The van der Waals surface area contributed by atoms with Crippen LogP contribution in [0.1, 0.15) is 33.6 Å². The highest BCUT2D eigenvalue weighted by Gasteiger charge is 2.41. The van der Waals surface area contributed by atoms with Crippen LogP contribution in [0.25, 0.3) is 0 Å². The number of carbonyl (C=O) groups excluding carboxylic acids is 2. The van der Waals surface area contributed by atoms with Crippen LogP contribution in [0.15, 0.2) is 24.3 Å². The lowest BCUT2D eigenvalue weighted by Crippen LogP contribution is -2.42. The van der Waals surface area contributed by atoms with Crippen molar-refractivity contribution in [3.8, 4) is 0 Å². The number of carboxylic acids is 2. The summed E-state index contributed by atoms with van der Waals surface area (Å²) < 4.78 is 0. The number of hydrogen-bond acceptors (Lipinski definition) is 4. The van der Waals surface area contributed by atoms with Crippen LogP contribution in [0.5, 0.6) is 0 Å². The Bertz CT molecular complexity index is 558. The number of hydrogen-bond donors (Lipinski definition) is 2. The third kappa shape index (κ3) is 2.37. The maximum Gasteiger partial charge on any atom is 0.305 e. The van der Waals surface area contributed by atoms with Crippen molar-refractivity contribution in [2.45, 2.75) is 18.9 Å². The molecule has 0 spiro atoms. The quantitative estimate of drug-likeness (QED) is 0.762. The van der Waals surface area contributed by atoms with Gasteiger partial charge in [0.1, 0.15) is 0 Å². The molecule has 2 rings (SSSR count). The van der Waals surface area contributed by atoms with E-state index in [1.54, 1.807) is 12.1 Å². The number of carboxylic acid groups (broad SMARTS) is 2. The first-order chi connectivity index (χ1) is 9.41. The topological polar surface area (TPSA) is 112 Å². The molecule has 0 aromatic heterocycles. The number of fused-ring (bicyclic) bond motifs is 1. The van der Waals surface area contributed by atoms with Crippen molar-refractivity contribution in [3.05, 3.63) is 35.4 Å². The van der Waals surface area contributed by atoms with Gasteiger partial charge in [-0.15, -0.1) is 0 Å². The molecule has 2 amide bonds. The molecule has 0 saturated heterocycles. The van der Waals surface area contributed by atoms with Gasteiger partial charge in [0.25, 0.3) is 11.8 Å². The van der Waals surface area contributed by atoms with E-state index in [0.29, 0.717) is 0 Å². The first-order valence-electron chi connectivity index (χ1n) is 5.82. The molecule has 0 aliphatic carbocycles. The normalized spacial score (nSPS) is 13.8. The fourth-order valence-electron chi connectivity index (χ4n) is 2.20. The van der Waals surface area contributed by atoms with Gasteiger partial charge in [-0.2, -0.15) is 0 Å². The van der Waals surface area contributed by atoms with Gasteiger partial charge in [-0.3, -0.25) is 24.1 Å². The van der Waals surface area contributed by atoms with E-state index in [9.17, 15) is 19.2 Å². The van der Waals surface area contributed by atoms with Crippen LogP contribution in [0.2, 0.25) is 0 Å². The first kappa shape index (κ1) is 13.7. The zero-order valence-corrected chi connectivity index (χ0v) is 10.3. The number of aliphatic carboxylic acids is 2. The van der Waals surface area contributed by atoms with Crippen LogP contribution in [-0.4, -0.2) is 44.9 Å². The Morgan fingerprint density at radius 2 is 1.35 bits per heavy atom. The molecule has 20 heavy (non-hydrogen) atoms. The molecular formula is C13H11NO6. The molecule has 104 valence electrons. The minimum Gasteiger partial charge on any atom is -0.481 e. The zero-order valence-electron chi connectivity index (χ0n) is 10.3. The molecule has 7 heteroatoms. The molecule has 1 aromatic rings. The Kier molecular flexibility index (Phi) is 3.51. The van der Waals surface area contributed by atoms with Gasteiger partial charge < -0.3 is 10.2 Å². The first-order valence-corrected chi connectivity index (χ1v) is 5.82. The van der Waals surface area contributed by atoms with Crippen molar-refractivity contribution in [1.82, 2.24) is 4.90 Å². The molecule has 0 fully saturated rings.